The minimum atomic E-state index is 0.0474. The van der Waals surface area contributed by atoms with E-state index in [9.17, 15) is 4.79 Å². The molecule has 0 saturated heterocycles. The molecule has 1 aliphatic carbocycles. The molecular weight excluding hydrogens is 244 g/mol. The van der Waals surface area contributed by atoms with Crippen molar-refractivity contribution in [3.63, 3.8) is 0 Å². The first-order valence-corrected chi connectivity index (χ1v) is 6.33. The lowest BCUT2D eigenvalue weighted by atomic mass is 10.3. The van der Waals surface area contributed by atoms with Crippen LogP contribution in [0.25, 0.3) is 11.5 Å². The average molecular weight is 258 g/mol. The molecule has 0 aromatic carbocycles. The maximum absolute atomic E-state index is 11.5. The third-order valence-electron chi connectivity index (χ3n) is 2.90. The molecule has 1 fully saturated rings. The van der Waals surface area contributed by atoms with Crippen LogP contribution in [0.3, 0.4) is 0 Å². The van der Waals surface area contributed by atoms with Crippen LogP contribution in [0.5, 0.6) is 0 Å². The number of carbonyl (C=O) groups excluding carboxylic acids is 1. The summed E-state index contributed by atoms with van der Waals surface area (Å²) in [5.74, 6) is 0.990. The van der Waals surface area contributed by atoms with Gasteiger partial charge in [0, 0.05) is 36.8 Å². The number of hydrogen-bond donors (Lipinski definition) is 1. The predicted octanol–water partition coefficient (Wildman–Crippen LogP) is 1.34. The van der Waals surface area contributed by atoms with E-state index in [1.807, 2.05) is 0 Å². The van der Waals surface area contributed by atoms with Crippen molar-refractivity contribution in [1.82, 2.24) is 20.5 Å². The van der Waals surface area contributed by atoms with Crippen LogP contribution in [-0.2, 0) is 11.2 Å². The van der Waals surface area contributed by atoms with Gasteiger partial charge in [0.25, 0.3) is 0 Å². The van der Waals surface area contributed by atoms with E-state index >= 15 is 0 Å². The van der Waals surface area contributed by atoms with E-state index in [4.69, 9.17) is 4.42 Å². The van der Waals surface area contributed by atoms with Crippen LogP contribution in [-0.4, -0.2) is 27.1 Å². The summed E-state index contributed by atoms with van der Waals surface area (Å²) in [5.41, 5.74) is 0.830. The molecule has 0 unspecified atom stereocenters. The second-order valence-corrected chi connectivity index (χ2v) is 4.58. The van der Waals surface area contributed by atoms with Crippen molar-refractivity contribution in [2.24, 2.45) is 0 Å². The zero-order valence-corrected chi connectivity index (χ0v) is 10.4. The largest absolute Gasteiger partial charge is 0.421 e. The third kappa shape index (κ3) is 3.15. The van der Waals surface area contributed by atoms with Gasteiger partial charge in [0.05, 0.1) is 0 Å². The Morgan fingerprint density at radius 2 is 2.11 bits per heavy atom. The molecule has 98 valence electrons. The van der Waals surface area contributed by atoms with Crippen molar-refractivity contribution >= 4 is 5.91 Å². The lowest BCUT2D eigenvalue weighted by Crippen LogP contribution is -2.25. The molecule has 1 N–H and O–H groups in total. The Labute approximate surface area is 110 Å². The number of aryl methyl sites for hydroxylation is 1. The number of hydrogen-bond acceptors (Lipinski definition) is 5. The van der Waals surface area contributed by atoms with Gasteiger partial charge in [-0.2, -0.15) is 0 Å². The highest BCUT2D eigenvalue weighted by molar-refractivity contribution is 5.76. The standard InChI is InChI=1S/C13H14N4O2/c18-11(15-10-1-2-10)3-4-12-16-17-13(19-12)9-5-7-14-8-6-9/h5-8,10H,1-4H2,(H,15,18). The summed E-state index contributed by atoms with van der Waals surface area (Å²) in [6, 6.07) is 4.00. The van der Waals surface area contributed by atoms with Gasteiger partial charge in [0.15, 0.2) is 0 Å². The van der Waals surface area contributed by atoms with Crippen molar-refractivity contribution in [3.05, 3.63) is 30.4 Å². The van der Waals surface area contributed by atoms with E-state index in [1.54, 1.807) is 24.5 Å². The second-order valence-electron chi connectivity index (χ2n) is 4.58. The highest BCUT2D eigenvalue weighted by Gasteiger charge is 2.23. The molecular formula is C13H14N4O2. The number of nitrogens with zero attached hydrogens (tertiary/aromatic N) is 3. The van der Waals surface area contributed by atoms with Crippen LogP contribution in [0.1, 0.15) is 25.2 Å². The monoisotopic (exact) mass is 258 g/mol. The van der Waals surface area contributed by atoms with E-state index in [2.05, 4.69) is 20.5 Å². The van der Waals surface area contributed by atoms with Gasteiger partial charge in [0.2, 0.25) is 17.7 Å². The smallest absolute Gasteiger partial charge is 0.247 e. The van der Waals surface area contributed by atoms with Gasteiger partial charge in [-0.1, -0.05) is 0 Å². The fourth-order valence-corrected chi connectivity index (χ4v) is 1.71. The Kier molecular flexibility index (Phi) is 3.22. The summed E-state index contributed by atoms with van der Waals surface area (Å²) < 4.78 is 5.51. The molecule has 19 heavy (non-hydrogen) atoms. The quantitative estimate of drug-likeness (QED) is 0.875. The number of carbonyl (C=O) groups is 1. The molecule has 6 heteroatoms. The number of rotatable bonds is 5. The number of aromatic nitrogens is 3. The Morgan fingerprint density at radius 1 is 1.32 bits per heavy atom. The first-order valence-electron chi connectivity index (χ1n) is 6.33. The summed E-state index contributed by atoms with van der Waals surface area (Å²) in [4.78, 5) is 15.5. The van der Waals surface area contributed by atoms with Crippen LogP contribution in [0.15, 0.2) is 28.9 Å². The predicted molar refractivity (Wildman–Crippen MR) is 67.0 cm³/mol. The zero-order chi connectivity index (χ0) is 13.1. The van der Waals surface area contributed by atoms with E-state index in [-0.39, 0.29) is 5.91 Å². The first-order chi connectivity index (χ1) is 9.31. The van der Waals surface area contributed by atoms with E-state index < -0.39 is 0 Å². The Balaban J connectivity index is 1.57. The zero-order valence-electron chi connectivity index (χ0n) is 10.4. The summed E-state index contributed by atoms with van der Waals surface area (Å²) in [5, 5.41) is 10.8. The van der Waals surface area contributed by atoms with Crippen LogP contribution in [0, 0.1) is 0 Å². The topological polar surface area (TPSA) is 80.9 Å². The van der Waals surface area contributed by atoms with E-state index in [0.29, 0.717) is 30.7 Å². The fraction of sp³-hybridized carbons (Fsp3) is 0.385. The Hall–Kier alpha value is -2.24. The molecule has 3 rings (SSSR count). The fourth-order valence-electron chi connectivity index (χ4n) is 1.71. The maximum Gasteiger partial charge on any atom is 0.247 e. The van der Waals surface area contributed by atoms with Crippen LogP contribution < -0.4 is 5.32 Å². The lowest BCUT2D eigenvalue weighted by Gasteiger charge is -2.00. The summed E-state index contributed by atoms with van der Waals surface area (Å²) in [6.07, 6.45) is 6.38. The highest BCUT2D eigenvalue weighted by Crippen LogP contribution is 2.19. The van der Waals surface area contributed by atoms with Crippen LogP contribution in [0.2, 0.25) is 0 Å². The SMILES string of the molecule is O=C(CCc1nnc(-c2ccncc2)o1)NC1CC1. The molecule has 2 aromatic rings. The molecule has 1 aliphatic rings. The first kappa shape index (κ1) is 11.8. The van der Waals surface area contributed by atoms with Crippen molar-refractivity contribution in [2.75, 3.05) is 0 Å². The van der Waals surface area contributed by atoms with Gasteiger partial charge < -0.3 is 9.73 Å². The molecule has 1 amide bonds. The molecule has 6 nitrogen and oxygen atoms in total. The Morgan fingerprint density at radius 3 is 2.84 bits per heavy atom. The van der Waals surface area contributed by atoms with Gasteiger partial charge in [-0.05, 0) is 25.0 Å². The summed E-state index contributed by atoms with van der Waals surface area (Å²) in [6.45, 7) is 0. The number of pyridine rings is 1. The van der Waals surface area contributed by atoms with Crippen molar-refractivity contribution < 1.29 is 9.21 Å². The van der Waals surface area contributed by atoms with Crippen LogP contribution in [0.4, 0.5) is 0 Å². The lowest BCUT2D eigenvalue weighted by molar-refractivity contribution is -0.121. The molecule has 1 saturated carbocycles. The van der Waals surface area contributed by atoms with Gasteiger partial charge in [-0.15, -0.1) is 10.2 Å². The molecule has 2 aromatic heterocycles. The van der Waals surface area contributed by atoms with E-state index in [1.165, 1.54) is 0 Å². The molecule has 0 aliphatic heterocycles. The molecule has 0 bridgehead atoms. The molecule has 0 radical (unpaired) electrons. The third-order valence-corrected chi connectivity index (χ3v) is 2.90. The normalized spacial score (nSPS) is 14.3. The summed E-state index contributed by atoms with van der Waals surface area (Å²) >= 11 is 0. The molecule has 2 heterocycles. The molecule has 0 spiro atoms. The van der Waals surface area contributed by atoms with Crippen LogP contribution >= 0.6 is 0 Å². The van der Waals surface area contributed by atoms with Gasteiger partial charge in [-0.3, -0.25) is 9.78 Å². The maximum atomic E-state index is 11.5. The highest BCUT2D eigenvalue weighted by atomic mass is 16.4. The summed E-state index contributed by atoms with van der Waals surface area (Å²) in [7, 11) is 0. The Bertz CT molecular complexity index is 563. The minimum absolute atomic E-state index is 0.0474. The molecule has 0 atom stereocenters. The van der Waals surface area contributed by atoms with Crippen molar-refractivity contribution in [2.45, 2.75) is 31.7 Å². The van der Waals surface area contributed by atoms with Gasteiger partial charge >= 0.3 is 0 Å². The van der Waals surface area contributed by atoms with Gasteiger partial charge in [0.1, 0.15) is 0 Å². The minimum Gasteiger partial charge on any atom is -0.421 e. The number of amides is 1. The van der Waals surface area contributed by atoms with E-state index in [0.717, 1.165) is 18.4 Å². The van der Waals surface area contributed by atoms with Crippen molar-refractivity contribution in [3.8, 4) is 11.5 Å². The second kappa shape index (κ2) is 5.17. The average Bonchev–Trinajstić information content (AvgIpc) is 3.12. The van der Waals surface area contributed by atoms with Gasteiger partial charge in [-0.25, -0.2) is 0 Å². The number of nitrogens with one attached hydrogen (secondary N) is 1. The van der Waals surface area contributed by atoms with Crippen molar-refractivity contribution in [1.29, 1.82) is 0 Å².